The Morgan fingerprint density at radius 2 is 2.21 bits per heavy atom. The average molecular weight is 276 g/mol. The number of fused-ring (bicyclic) bond motifs is 3. The number of aromatic amines is 1. The van der Waals surface area contributed by atoms with Crippen LogP contribution in [0.2, 0.25) is 0 Å². The summed E-state index contributed by atoms with van der Waals surface area (Å²) in [6.45, 7) is 0.338. The fourth-order valence-corrected chi connectivity index (χ4v) is 4.26. The molecule has 2 aromatic heterocycles. The third kappa shape index (κ3) is 1.59. The number of hydrogen-bond acceptors (Lipinski definition) is 4. The molecule has 0 aromatic carbocycles. The first-order chi connectivity index (χ1) is 9.28. The van der Waals surface area contributed by atoms with Crippen molar-refractivity contribution in [3.05, 3.63) is 17.3 Å². The molecule has 2 aliphatic rings. The first-order valence-electron chi connectivity index (χ1n) is 6.79. The Bertz CT molecular complexity index is 679. The van der Waals surface area contributed by atoms with Crippen LogP contribution in [0.5, 0.6) is 0 Å². The summed E-state index contributed by atoms with van der Waals surface area (Å²) in [5.74, 6) is 1.84. The number of rotatable bonds is 2. The summed E-state index contributed by atoms with van der Waals surface area (Å²) in [4.78, 5) is 11.6. The molecular weight excluding hydrogens is 260 g/mol. The second kappa shape index (κ2) is 4.11. The fraction of sp³-hybridized carbons (Fsp3) is 0.615. The van der Waals surface area contributed by atoms with Crippen LogP contribution in [0.1, 0.15) is 25.3 Å². The Morgan fingerprint density at radius 3 is 2.95 bits per heavy atom. The van der Waals surface area contributed by atoms with E-state index in [4.69, 9.17) is 12.2 Å². The van der Waals surface area contributed by atoms with E-state index < -0.39 is 0 Å². The third-order valence-corrected chi connectivity index (χ3v) is 5.24. The van der Waals surface area contributed by atoms with Crippen LogP contribution in [0.25, 0.3) is 11.2 Å². The van der Waals surface area contributed by atoms with Gasteiger partial charge in [0.05, 0.1) is 12.7 Å². The monoisotopic (exact) mass is 276 g/mol. The van der Waals surface area contributed by atoms with E-state index in [9.17, 15) is 5.11 Å². The van der Waals surface area contributed by atoms with E-state index in [2.05, 4.69) is 19.5 Å². The number of aliphatic hydroxyl groups excluding tert-OH is 1. The molecule has 19 heavy (non-hydrogen) atoms. The maximum Gasteiger partial charge on any atom is 0.157 e. The summed E-state index contributed by atoms with van der Waals surface area (Å²) in [6, 6.07) is 0.492. The van der Waals surface area contributed by atoms with Gasteiger partial charge in [0.1, 0.15) is 11.2 Å². The number of hydrogen-bond donors (Lipinski definition) is 2. The van der Waals surface area contributed by atoms with Gasteiger partial charge in [-0.25, -0.2) is 9.97 Å². The molecule has 2 heterocycles. The minimum atomic E-state index is 0.338. The van der Waals surface area contributed by atoms with Crippen LogP contribution in [0.4, 0.5) is 0 Å². The van der Waals surface area contributed by atoms with Crippen molar-refractivity contribution >= 4 is 23.4 Å². The molecule has 2 aliphatic carbocycles. The number of imidazole rings is 1. The highest BCUT2D eigenvalue weighted by atomic mass is 32.1. The van der Waals surface area contributed by atoms with E-state index in [0.29, 0.717) is 35.0 Å². The van der Waals surface area contributed by atoms with Gasteiger partial charge in [-0.15, -0.1) is 0 Å². The Labute approximate surface area is 115 Å². The fourth-order valence-electron chi connectivity index (χ4n) is 4.05. The highest BCUT2D eigenvalue weighted by Gasteiger charge is 2.46. The number of aliphatic hydroxyl groups is 1. The molecule has 4 rings (SSSR count). The zero-order chi connectivity index (χ0) is 13.0. The van der Waals surface area contributed by atoms with Crippen LogP contribution in [0, 0.1) is 22.4 Å². The zero-order valence-electron chi connectivity index (χ0n) is 10.5. The van der Waals surface area contributed by atoms with Crippen LogP contribution < -0.4 is 0 Å². The van der Waals surface area contributed by atoms with Crippen molar-refractivity contribution in [1.29, 1.82) is 0 Å². The van der Waals surface area contributed by atoms with Crippen molar-refractivity contribution in [1.82, 2.24) is 19.5 Å². The molecule has 0 amide bonds. The lowest BCUT2D eigenvalue weighted by Gasteiger charge is -2.27. The van der Waals surface area contributed by atoms with Crippen molar-refractivity contribution in [3.63, 3.8) is 0 Å². The average Bonchev–Trinajstić information content (AvgIpc) is 3.11. The van der Waals surface area contributed by atoms with Gasteiger partial charge in [-0.3, -0.25) is 0 Å². The van der Waals surface area contributed by atoms with Gasteiger partial charge in [-0.05, 0) is 37.0 Å². The van der Waals surface area contributed by atoms with Crippen LogP contribution >= 0.6 is 12.2 Å². The Morgan fingerprint density at radius 1 is 1.32 bits per heavy atom. The summed E-state index contributed by atoms with van der Waals surface area (Å²) in [6.07, 6.45) is 7.05. The molecule has 2 bridgehead atoms. The molecule has 2 saturated carbocycles. The second-order valence-corrected chi connectivity index (χ2v) is 6.18. The number of nitrogens with zero attached hydrogens (tertiary/aromatic N) is 3. The van der Waals surface area contributed by atoms with Gasteiger partial charge < -0.3 is 14.7 Å². The minimum Gasteiger partial charge on any atom is -0.396 e. The first-order valence-corrected chi connectivity index (χ1v) is 7.20. The Kier molecular flexibility index (Phi) is 2.50. The largest absolute Gasteiger partial charge is 0.396 e. The lowest BCUT2D eigenvalue weighted by Crippen LogP contribution is -2.22. The van der Waals surface area contributed by atoms with E-state index in [0.717, 1.165) is 24.0 Å². The summed E-state index contributed by atoms with van der Waals surface area (Å²) in [5, 5.41) is 9.37. The van der Waals surface area contributed by atoms with E-state index >= 15 is 0 Å². The molecule has 0 aliphatic heterocycles. The van der Waals surface area contributed by atoms with Crippen molar-refractivity contribution in [2.75, 3.05) is 6.61 Å². The predicted octanol–water partition coefficient (Wildman–Crippen LogP) is 2.07. The van der Waals surface area contributed by atoms with E-state index in [1.165, 1.54) is 6.42 Å². The first kappa shape index (κ1) is 11.5. The maximum atomic E-state index is 9.37. The zero-order valence-corrected chi connectivity index (χ0v) is 11.3. The molecule has 0 unspecified atom stereocenters. The van der Waals surface area contributed by atoms with E-state index in [1.807, 2.05) is 6.33 Å². The summed E-state index contributed by atoms with van der Waals surface area (Å²) < 4.78 is 2.79. The van der Waals surface area contributed by atoms with Crippen LogP contribution in [0.3, 0.4) is 0 Å². The van der Waals surface area contributed by atoms with E-state index in [1.54, 1.807) is 6.33 Å². The molecule has 0 saturated heterocycles. The van der Waals surface area contributed by atoms with Gasteiger partial charge in [-0.1, -0.05) is 12.2 Å². The number of nitrogens with one attached hydrogen (secondary N) is 1. The number of H-pyrrole nitrogens is 1. The molecule has 100 valence electrons. The van der Waals surface area contributed by atoms with Crippen molar-refractivity contribution in [2.24, 2.45) is 17.8 Å². The molecule has 0 radical (unpaired) electrons. The Hall–Kier alpha value is -1.27. The van der Waals surface area contributed by atoms with Crippen molar-refractivity contribution in [2.45, 2.75) is 25.3 Å². The van der Waals surface area contributed by atoms with Gasteiger partial charge in [0, 0.05) is 12.6 Å². The van der Waals surface area contributed by atoms with Gasteiger partial charge >= 0.3 is 0 Å². The molecule has 6 heteroatoms. The highest BCUT2D eigenvalue weighted by Crippen LogP contribution is 2.53. The smallest absolute Gasteiger partial charge is 0.157 e. The minimum absolute atomic E-state index is 0.338. The summed E-state index contributed by atoms with van der Waals surface area (Å²) >= 11 is 5.21. The van der Waals surface area contributed by atoms with Crippen LogP contribution in [-0.2, 0) is 0 Å². The molecule has 4 atom stereocenters. The molecule has 2 fully saturated rings. The topological polar surface area (TPSA) is 66.7 Å². The molecule has 5 nitrogen and oxygen atoms in total. The normalized spacial score (nSPS) is 33.3. The summed E-state index contributed by atoms with van der Waals surface area (Å²) in [7, 11) is 0. The van der Waals surface area contributed by atoms with Gasteiger partial charge in [-0.2, -0.15) is 0 Å². The lowest BCUT2D eigenvalue weighted by molar-refractivity contribution is 0.158. The quantitative estimate of drug-likeness (QED) is 0.824. The third-order valence-electron chi connectivity index (χ3n) is 4.94. The SMILES string of the molecule is OC[C@H]1C[C@H]2C[C@@H]1C[C@@H]2n1cnc2c(=S)nc[nH]c21. The lowest BCUT2D eigenvalue weighted by atomic mass is 9.86. The molecule has 2 aromatic rings. The standard InChI is InChI=1S/C13H16N4OS/c18-4-9-2-8-1-7(9)3-10(8)17-6-16-11-12(17)14-5-15-13(11)19/h5-10,18H,1-4H2,(H,14,15,19)/t7-,8-,9-,10+/m1/s1. The highest BCUT2D eigenvalue weighted by molar-refractivity contribution is 7.71. The number of aromatic nitrogens is 4. The van der Waals surface area contributed by atoms with Crippen LogP contribution in [0.15, 0.2) is 12.7 Å². The van der Waals surface area contributed by atoms with Gasteiger partial charge in [0.15, 0.2) is 4.64 Å². The van der Waals surface area contributed by atoms with Crippen molar-refractivity contribution in [3.8, 4) is 0 Å². The van der Waals surface area contributed by atoms with Gasteiger partial charge in [0.2, 0.25) is 0 Å². The van der Waals surface area contributed by atoms with Crippen LogP contribution in [-0.4, -0.2) is 31.2 Å². The van der Waals surface area contributed by atoms with Gasteiger partial charge in [0.25, 0.3) is 0 Å². The summed E-state index contributed by atoms with van der Waals surface area (Å²) in [5.41, 5.74) is 1.78. The maximum absolute atomic E-state index is 9.37. The predicted molar refractivity (Wildman–Crippen MR) is 73.2 cm³/mol. The molecule has 0 spiro atoms. The molecular formula is C13H16N4OS. The molecule has 2 N–H and O–H groups in total. The second-order valence-electron chi connectivity index (χ2n) is 5.79. The van der Waals surface area contributed by atoms with E-state index in [-0.39, 0.29) is 0 Å². The van der Waals surface area contributed by atoms with Crippen molar-refractivity contribution < 1.29 is 5.11 Å². The Balaban J connectivity index is 1.74.